The van der Waals surface area contributed by atoms with Crippen LogP contribution in [0.5, 0.6) is 0 Å². The van der Waals surface area contributed by atoms with Crippen molar-refractivity contribution >= 4 is 29.6 Å². The predicted molar refractivity (Wildman–Crippen MR) is 101 cm³/mol. The summed E-state index contributed by atoms with van der Waals surface area (Å²) in [6.07, 6.45) is 5.42. The first kappa shape index (κ1) is 19.6. The SMILES string of the molecule is CCOC(=O)C1=C(COC(=O)C23C[C@H]4C[C@@H](CC(Cl)(C4)C2)C3)NC(=O)N[C@@H]1C. The molecule has 2 N–H and O–H groups in total. The van der Waals surface area contributed by atoms with E-state index in [9.17, 15) is 14.4 Å². The van der Waals surface area contributed by atoms with Crippen molar-refractivity contribution in [3.05, 3.63) is 11.3 Å². The predicted octanol–water partition coefficient (Wildman–Crippen LogP) is 2.63. The van der Waals surface area contributed by atoms with E-state index >= 15 is 0 Å². The molecule has 3 atom stereocenters. The first-order valence-electron chi connectivity index (χ1n) is 10.1. The molecule has 8 heteroatoms. The number of urea groups is 1. The number of carbonyl (C=O) groups excluding carboxylic acids is 3. The van der Waals surface area contributed by atoms with Crippen molar-refractivity contribution in [2.45, 2.75) is 63.3 Å². The summed E-state index contributed by atoms with van der Waals surface area (Å²) in [6.45, 7) is 3.48. The van der Waals surface area contributed by atoms with E-state index in [-0.39, 0.29) is 35.3 Å². The Labute approximate surface area is 169 Å². The van der Waals surface area contributed by atoms with Crippen molar-refractivity contribution in [2.75, 3.05) is 13.2 Å². The first-order chi connectivity index (χ1) is 13.2. The standard InChI is InChI=1S/C20H27ClN2O5/c1-3-27-16(24)15-11(2)22-18(26)23-14(15)9-28-17(25)19-5-12-4-13(6-19)8-20(21,7-12)10-19/h11-13H,3-10H2,1-2H3,(H2,22,23,26)/t11-,12-,13-,19?,20?/m1/s1. The second-order valence-electron chi connectivity index (χ2n) is 8.90. The molecule has 7 nitrogen and oxygen atoms in total. The largest absolute Gasteiger partial charge is 0.463 e. The molecule has 0 saturated heterocycles. The van der Waals surface area contributed by atoms with Crippen LogP contribution in [0.1, 0.15) is 52.4 Å². The van der Waals surface area contributed by atoms with Gasteiger partial charge in [0.2, 0.25) is 0 Å². The minimum absolute atomic E-state index is 0.156. The molecule has 5 rings (SSSR count). The summed E-state index contributed by atoms with van der Waals surface area (Å²) in [4.78, 5) is 37.0. The van der Waals surface area contributed by atoms with Crippen LogP contribution >= 0.6 is 11.6 Å². The molecule has 0 aromatic heterocycles. The summed E-state index contributed by atoms with van der Waals surface area (Å²) in [6, 6.07) is -0.951. The van der Waals surface area contributed by atoms with E-state index in [2.05, 4.69) is 10.6 Å². The average molecular weight is 411 g/mol. The molecular weight excluding hydrogens is 384 g/mol. The van der Waals surface area contributed by atoms with E-state index in [1.54, 1.807) is 13.8 Å². The van der Waals surface area contributed by atoms with Gasteiger partial charge in [0, 0.05) is 4.87 Å². The Morgan fingerprint density at radius 1 is 1.18 bits per heavy atom. The lowest BCUT2D eigenvalue weighted by Gasteiger charge is -2.58. The lowest BCUT2D eigenvalue weighted by Crippen LogP contribution is -2.56. The fourth-order valence-corrected chi connectivity index (χ4v) is 6.77. The quantitative estimate of drug-likeness (QED) is 0.536. The summed E-state index contributed by atoms with van der Waals surface area (Å²) >= 11 is 6.81. The van der Waals surface area contributed by atoms with Gasteiger partial charge >= 0.3 is 18.0 Å². The minimum atomic E-state index is -0.529. The molecule has 5 aliphatic rings. The van der Waals surface area contributed by atoms with E-state index in [0.717, 1.165) is 32.1 Å². The Kier molecular flexibility index (Phi) is 4.84. The van der Waals surface area contributed by atoms with Gasteiger partial charge in [0.15, 0.2) is 0 Å². The molecule has 1 heterocycles. The number of carbonyl (C=O) groups is 3. The van der Waals surface area contributed by atoms with Crippen LogP contribution in [0.25, 0.3) is 0 Å². The molecule has 4 fully saturated rings. The summed E-state index contributed by atoms with van der Waals surface area (Å²) < 4.78 is 10.8. The Bertz CT molecular complexity index is 735. The van der Waals surface area contributed by atoms with Crippen molar-refractivity contribution in [3.8, 4) is 0 Å². The molecule has 4 aliphatic carbocycles. The summed E-state index contributed by atoms with van der Waals surface area (Å²) in [7, 11) is 0. The van der Waals surface area contributed by atoms with Crippen LogP contribution in [-0.2, 0) is 19.1 Å². The van der Waals surface area contributed by atoms with Gasteiger partial charge in [-0.2, -0.15) is 0 Å². The van der Waals surface area contributed by atoms with Gasteiger partial charge in [-0.15, -0.1) is 11.6 Å². The topological polar surface area (TPSA) is 93.7 Å². The van der Waals surface area contributed by atoms with Crippen molar-refractivity contribution in [1.29, 1.82) is 0 Å². The number of amides is 2. The number of rotatable bonds is 5. The molecule has 4 saturated carbocycles. The molecule has 0 aromatic rings. The van der Waals surface area contributed by atoms with Crippen molar-refractivity contribution < 1.29 is 23.9 Å². The molecule has 0 unspecified atom stereocenters. The third-order valence-corrected chi connectivity index (χ3v) is 7.08. The summed E-state index contributed by atoms with van der Waals surface area (Å²) in [5.41, 5.74) is 0.0425. The maximum atomic E-state index is 13.1. The van der Waals surface area contributed by atoms with E-state index in [1.807, 2.05) is 0 Å². The van der Waals surface area contributed by atoms with Crippen molar-refractivity contribution in [1.82, 2.24) is 10.6 Å². The zero-order valence-corrected chi connectivity index (χ0v) is 17.1. The van der Waals surface area contributed by atoms with Crippen LogP contribution in [0.3, 0.4) is 0 Å². The van der Waals surface area contributed by atoms with Crippen LogP contribution in [0.4, 0.5) is 4.79 Å². The first-order valence-corrected chi connectivity index (χ1v) is 10.5. The molecule has 4 bridgehead atoms. The van der Waals surface area contributed by atoms with Gasteiger partial charge in [0.25, 0.3) is 0 Å². The van der Waals surface area contributed by atoms with Crippen molar-refractivity contribution in [3.63, 3.8) is 0 Å². The van der Waals surface area contributed by atoms with E-state index in [1.165, 1.54) is 0 Å². The smallest absolute Gasteiger partial charge is 0.338 e. The number of halogens is 1. The van der Waals surface area contributed by atoms with Gasteiger partial charge < -0.3 is 20.1 Å². The lowest BCUT2D eigenvalue weighted by molar-refractivity contribution is -0.169. The maximum Gasteiger partial charge on any atom is 0.338 e. The van der Waals surface area contributed by atoms with Gasteiger partial charge in [0.05, 0.1) is 29.3 Å². The molecule has 0 aromatic carbocycles. The third-order valence-electron chi connectivity index (χ3n) is 6.64. The zero-order valence-electron chi connectivity index (χ0n) is 16.3. The number of esters is 2. The second kappa shape index (κ2) is 6.94. The fraction of sp³-hybridized carbons (Fsp3) is 0.750. The molecule has 0 radical (unpaired) electrons. The van der Waals surface area contributed by atoms with Crippen LogP contribution in [0.2, 0.25) is 0 Å². The number of hydrogen-bond donors (Lipinski definition) is 2. The second-order valence-corrected chi connectivity index (χ2v) is 9.70. The Morgan fingerprint density at radius 3 is 2.46 bits per heavy atom. The highest BCUT2D eigenvalue weighted by atomic mass is 35.5. The van der Waals surface area contributed by atoms with E-state index in [4.69, 9.17) is 21.1 Å². The highest BCUT2D eigenvalue weighted by Gasteiger charge is 2.60. The molecule has 1 aliphatic heterocycles. The molecule has 28 heavy (non-hydrogen) atoms. The Balaban J connectivity index is 1.51. The lowest BCUT2D eigenvalue weighted by atomic mass is 9.49. The number of nitrogens with one attached hydrogen (secondary N) is 2. The molecule has 0 spiro atoms. The van der Waals surface area contributed by atoms with Gasteiger partial charge in [-0.3, -0.25) is 4.79 Å². The van der Waals surface area contributed by atoms with Gasteiger partial charge in [-0.1, -0.05) is 0 Å². The number of alkyl halides is 1. The van der Waals surface area contributed by atoms with Gasteiger partial charge in [-0.05, 0) is 64.2 Å². The van der Waals surface area contributed by atoms with Gasteiger partial charge in [0.1, 0.15) is 6.61 Å². The fourth-order valence-electron chi connectivity index (χ4n) is 6.07. The van der Waals surface area contributed by atoms with Crippen LogP contribution in [-0.4, -0.2) is 42.1 Å². The van der Waals surface area contributed by atoms with Crippen molar-refractivity contribution in [2.24, 2.45) is 17.3 Å². The normalized spacial score (nSPS) is 38.7. The monoisotopic (exact) mass is 410 g/mol. The zero-order chi connectivity index (χ0) is 20.1. The highest BCUT2D eigenvalue weighted by molar-refractivity contribution is 6.24. The number of ether oxygens (including phenoxy) is 2. The molecular formula is C20H27ClN2O5. The average Bonchev–Trinajstić information content (AvgIpc) is 2.57. The molecule has 154 valence electrons. The third kappa shape index (κ3) is 3.38. The Morgan fingerprint density at radius 2 is 1.86 bits per heavy atom. The summed E-state index contributed by atoms with van der Waals surface area (Å²) in [5.74, 6) is 0.185. The highest BCUT2D eigenvalue weighted by Crippen LogP contribution is 2.64. The van der Waals surface area contributed by atoms with Crippen LogP contribution in [0, 0.1) is 17.3 Å². The summed E-state index contributed by atoms with van der Waals surface area (Å²) in [5, 5.41) is 5.23. The van der Waals surface area contributed by atoms with Crippen LogP contribution in [0.15, 0.2) is 11.3 Å². The van der Waals surface area contributed by atoms with E-state index < -0.39 is 23.5 Å². The minimum Gasteiger partial charge on any atom is -0.463 e. The van der Waals surface area contributed by atoms with E-state index in [0.29, 0.717) is 18.3 Å². The van der Waals surface area contributed by atoms with Gasteiger partial charge in [-0.25, -0.2) is 9.59 Å². The maximum absolute atomic E-state index is 13.1. The number of hydrogen-bond acceptors (Lipinski definition) is 5. The van der Waals surface area contributed by atoms with Crippen LogP contribution < -0.4 is 10.6 Å². The Hall–Kier alpha value is -1.76. The molecule has 2 amide bonds.